The van der Waals surface area contributed by atoms with Crippen LogP contribution in [0.15, 0.2) is 18.2 Å². The number of fused-ring (bicyclic) bond motifs is 1. The zero-order valence-corrected chi connectivity index (χ0v) is 21.7. The number of aromatic nitrogens is 1. The number of carbonyl (C=O) groups is 3. The summed E-state index contributed by atoms with van der Waals surface area (Å²) in [5.74, 6) is -0.780. The highest BCUT2D eigenvalue weighted by atomic mass is 35.5. The molecule has 0 unspecified atom stereocenters. The van der Waals surface area contributed by atoms with Gasteiger partial charge in [0.05, 0.1) is 23.7 Å². The van der Waals surface area contributed by atoms with E-state index >= 15 is 0 Å². The van der Waals surface area contributed by atoms with E-state index in [2.05, 4.69) is 33.9 Å². The van der Waals surface area contributed by atoms with Crippen molar-refractivity contribution in [2.75, 3.05) is 7.11 Å². The van der Waals surface area contributed by atoms with Gasteiger partial charge in [0.15, 0.2) is 0 Å². The highest BCUT2D eigenvalue weighted by molar-refractivity contribution is 6.35. The molecule has 9 nitrogen and oxygen atoms in total. The first-order chi connectivity index (χ1) is 16.9. The van der Waals surface area contributed by atoms with E-state index in [-0.39, 0.29) is 34.9 Å². The monoisotopic (exact) mass is 513 g/mol. The van der Waals surface area contributed by atoms with Crippen molar-refractivity contribution < 1.29 is 19.1 Å². The third-order valence-corrected chi connectivity index (χ3v) is 7.44. The number of benzene rings is 1. The Labute approximate surface area is 215 Å². The van der Waals surface area contributed by atoms with Crippen LogP contribution in [0.25, 0.3) is 10.9 Å². The molecule has 36 heavy (non-hydrogen) atoms. The van der Waals surface area contributed by atoms with Crippen molar-refractivity contribution in [1.29, 1.82) is 5.26 Å². The molecule has 1 saturated carbocycles. The summed E-state index contributed by atoms with van der Waals surface area (Å²) >= 11 is 6.32. The lowest BCUT2D eigenvalue weighted by molar-refractivity contribution is -0.125. The molecule has 0 spiro atoms. The second-order valence-corrected chi connectivity index (χ2v) is 11.4. The molecule has 1 aromatic heterocycles. The van der Waals surface area contributed by atoms with Gasteiger partial charge in [-0.3, -0.25) is 14.4 Å². The molecule has 10 heteroatoms. The Morgan fingerprint density at radius 1 is 1.25 bits per heavy atom. The van der Waals surface area contributed by atoms with Crippen LogP contribution in [0.4, 0.5) is 0 Å². The second kappa shape index (κ2) is 9.66. The number of hydrogen-bond acceptors (Lipinski definition) is 5. The van der Waals surface area contributed by atoms with Gasteiger partial charge < -0.3 is 25.7 Å². The second-order valence-electron chi connectivity index (χ2n) is 11.0. The number of aromatic amines is 1. The van der Waals surface area contributed by atoms with E-state index in [1.165, 1.54) is 7.11 Å². The van der Waals surface area contributed by atoms with Crippen molar-refractivity contribution in [3.8, 4) is 11.8 Å². The van der Waals surface area contributed by atoms with E-state index in [0.29, 0.717) is 34.5 Å². The quantitative estimate of drug-likeness (QED) is 0.407. The van der Waals surface area contributed by atoms with E-state index in [1.807, 2.05) is 13.8 Å². The normalized spacial score (nSPS) is 21.2. The average Bonchev–Trinajstić information content (AvgIpc) is 3.25. The molecule has 2 aliphatic rings. The van der Waals surface area contributed by atoms with E-state index < -0.39 is 23.9 Å². The maximum Gasteiger partial charge on any atom is 0.268 e. The fraction of sp³-hybridized carbons (Fsp3) is 0.538. The summed E-state index contributed by atoms with van der Waals surface area (Å²) in [5.41, 5.74) is 0.486. The van der Waals surface area contributed by atoms with E-state index in [9.17, 15) is 19.6 Å². The number of ether oxygens (including phenoxy) is 1. The van der Waals surface area contributed by atoms with Crippen LogP contribution in [0.2, 0.25) is 5.02 Å². The predicted molar refractivity (Wildman–Crippen MR) is 136 cm³/mol. The van der Waals surface area contributed by atoms with Crippen LogP contribution >= 0.6 is 11.6 Å². The minimum Gasteiger partial charge on any atom is -0.497 e. The Morgan fingerprint density at radius 2 is 1.97 bits per heavy atom. The van der Waals surface area contributed by atoms with Gasteiger partial charge >= 0.3 is 0 Å². The SMILES string of the molecule is COc1cc(Cl)c2[nH]c(C(=O)N[C@@H](CC3(C)CC3)C(=O)N[C@H](C#N)C[C@@H]3CC(C)(C)NC3=O)cc2c1. The molecule has 1 aliphatic heterocycles. The lowest BCUT2D eigenvalue weighted by atomic mass is 9.91. The molecule has 0 bridgehead atoms. The van der Waals surface area contributed by atoms with Crippen LogP contribution in [0, 0.1) is 22.7 Å². The van der Waals surface area contributed by atoms with Crippen molar-refractivity contribution in [3.05, 3.63) is 28.9 Å². The van der Waals surface area contributed by atoms with Gasteiger partial charge in [0.1, 0.15) is 23.5 Å². The molecule has 3 amide bonds. The molecule has 0 radical (unpaired) electrons. The topological polar surface area (TPSA) is 136 Å². The zero-order chi connectivity index (χ0) is 26.3. The predicted octanol–water partition coefficient (Wildman–Crippen LogP) is 3.43. The Hall–Kier alpha value is -3.25. The molecule has 1 aromatic carbocycles. The zero-order valence-electron chi connectivity index (χ0n) is 21.0. The number of methoxy groups -OCH3 is 1. The lowest BCUT2D eigenvalue weighted by Gasteiger charge is -2.23. The van der Waals surface area contributed by atoms with Crippen LogP contribution in [-0.2, 0) is 9.59 Å². The Kier molecular flexibility index (Phi) is 6.93. The van der Waals surface area contributed by atoms with E-state index in [4.69, 9.17) is 16.3 Å². The highest BCUT2D eigenvalue weighted by Crippen LogP contribution is 2.49. The van der Waals surface area contributed by atoms with Gasteiger partial charge in [-0.2, -0.15) is 5.26 Å². The minimum atomic E-state index is -0.840. The number of nitrogens with one attached hydrogen (secondary N) is 4. The van der Waals surface area contributed by atoms with Gasteiger partial charge in [-0.05, 0) is 63.5 Å². The number of hydrogen-bond donors (Lipinski definition) is 4. The fourth-order valence-electron chi connectivity index (χ4n) is 4.86. The number of nitriles is 1. The maximum atomic E-state index is 13.3. The van der Waals surface area contributed by atoms with Crippen LogP contribution in [0.3, 0.4) is 0 Å². The Bertz CT molecular complexity index is 1240. The number of rotatable bonds is 9. The molecule has 1 saturated heterocycles. The van der Waals surface area contributed by atoms with Gasteiger partial charge in [0, 0.05) is 22.9 Å². The van der Waals surface area contributed by atoms with E-state index in [0.717, 1.165) is 12.8 Å². The summed E-state index contributed by atoms with van der Waals surface area (Å²) in [7, 11) is 1.54. The Morgan fingerprint density at radius 3 is 2.56 bits per heavy atom. The summed E-state index contributed by atoms with van der Waals surface area (Å²) in [4.78, 5) is 41.7. The van der Waals surface area contributed by atoms with Crippen molar-refractivity contribution in [1.82, 2.24) is 20.9 Å². The molecule has 1 aliphatic carbocycles. The minimum absolute atomic E-state index is 0.0378. The van der Waals surface area contributed by atoms with Gasteiger partial charge in [0.2, 0.25) is 11.8 Å². The van der Waals surface area contributed by atoms with Crippen LogP contribution in [-0.4, -0.2) is 47.4 Å². The van der Waals surface area contributed by atoms with Crippen molar-refractivity contribution in [2.45, 2.75) is 70.5 Å². The molecule has 2 heterocycles. The standard InChI is InChI=1S/C26H32ClN5O4/c1-25(2)11-15(22(33)32-25)7-16(13-28)29-24(35)20(12-26(3)5-6-26)31-23(34)19-9-14-8-17(36-4)10-18(27)21(14)30-19/h8-10,15-16,20,30H,5-7,11-12H2,1-4H3,(H,29,35)(H,31,34)(H,32,33)/t15-,16+,20+/m1/s1. The smallest absolute Gasteiger partial charge is 0.268 e. The first-order valence-electron chi connectivity index (χ1n) is 12.1. The number of amides is 3. The molecular formula is C26H32ClN5O4. The third-order valence-electron chi connectivity index (χ3n) is 7.14. The lowest BCUT2D eigenvalue weighted by Crippen LogP contribution is -2.50. The van der Waals surface area contributed by atoms with Gasteiger partial charge in [0.25, 0.3) is 5.91 Å². The summed E-state index contributed by atoms with van der Waals surface area (Å²) in [6.07, 6.45) is 3.19. The molecule has 4 N–H and O–H groups in total. The number of nitrogens with zero attached hydrogens (tertiary/aromatic N) is 1. The van der Waals surface area contributed by atoms with Crippen molar-refractivity contribution in [3.63, 3.8) is 0 Å². The largest absolute Gasteiger partial charge is 0.497 e. The van der Waals surface area contributed by atoms with E-state index in [1.54, 1.807) is 18.2 Å². The number of H-pyrrole nitrogens is 1. The molecule has 2 fully saturated rings. The number of carbonyl (C=O) groups excluding carboxylic acids is 3. The molecular weight excluding hydrogens is 482 g/mol. The number of halogens is 1. The molecule has 3 atom stereocenters. The average molecular weight is 514 g/mol. The van der Waals surface area contributed by atoms with Gasteiger partial charge in [-0.1, -0.05) is 18.5 Å². The first kappa shape index (κ1) is 25.8. The van der Waals surface area contributed by atoms with Crippen LogP contribution in [0.1, 0.15) is 63.4 Å². The maximum absolute atomic E-state index is 13.3. The molecule has 4 rings (SSSR count). The fourth-order valence-corrected chi connectivity index (χ4v) is 5.12. The summed E-state index contributed by atoms with van der Waals surface area (Å²) in [6, 6.07) is 5.51. The molecule has 192 valence electrons. The molecule has 2 aromatic rings. The third kappa shape index (κ3) is 5.76. The first-order valence-corrected chi connectivity index (χ1v) is 12.5. The summed E-state index contributed by atoms with van der Waals surface area (Å²) in [6.45, 7) is 5.93. The highest BCUT2D eigenvalue weighted by Gasteiger charge is 2.43. The van der Waals surface area contributed by atoms with Crippen LogP contribution in [0.5, 0.6) is 5.75 Å². The summed E-state index contributed by atoms with van der Waals surface area (Å²) in [5, 5.41) is 19.3. The van der Waals surface area contributed by atoms with Crippen molar-refractivity contribution in [2.24, 2.45) is 11.3 Å². The van der Waals surface area contributed by atoms with Crippen LogP contribution < -0.4 is 20.7 Å². The van der Waals surface area contributed by atoms with Crippen molar-refractivity contribution >= 4 is 40.2 Å². The van der Waals surface area contributed by atoms with Gasteiger partial charge in [-0.15, -0.1) is 0 Å². The van der Waals surface area contributed by atoms with Gasteiger partial charge in [-0.25, -0.2) is 0 Å². The summed E-state index contributed by atoms with van der Waals surface area (Å²) < 4.78 is 5.24. The Balaban J connectivity index is 1.47.